The molecule has 1 fully saturated rings. The Morgan fingerprint density at radius 3 is 2.07 bits per heavy atom. The molecule has 0 saturated heterocycles. The van der Waals surface area contributed by atoms with Gasteiger partial charge >= 0.3 is 0 Å². The van der Waals surface area contributed by atoms with Gasteiger partial charge in [-0.05, 0) is 36.6 Å². The molecule has 0 bridgehead atoms. The number of benzene rings is 3. The first-order valence-corrected chi connectivity index (χ1v) is 9.39. The number of para-hydroxylation sites is 2. The Bertz CT molecular complexity index is 882. The lowest BCUT2D eigenvalue weighted by atomic mass is 9.85. The number of ether oxygens (including phenoxy) is 1. The summed E-state index contributed by atoms with van der Waals surface area (Å²) in [6.45, 7) is 2.50. The van der Waals surface area contributed by atoms with Crippen molar-refractivity contribution in [1.82, 2.24) is 0 Å². The first-order valence-electron chi connectivity index (χ1n) is 9.39. The lowest BCUT2D eigenvalue weighted by Crippen LogP contribution is -2.22. The van der Waals surface area contributed by atoms with Crippen LogP contribution in [0.5, 0.6) is 5.75 Å². The Morgan fingerprint density at radius 2 is 1.48 bits per heavy atom. The minimum Gasteiger partial charge on any atom is -0.492 e. The van der Waals surface area contributed by atoms with Crippen LogP contribution in [0.1, 0.15) is 24.5 Å². The van der Waals surface area contributed by atoms with Crippen molar-refractivity contribution < 1.29 is 9.53 Å². The maximum absolute atomic E-state index is 13.1. The number of carbonyl (C=O) groups is 1. The van der Waals surface area contributed by atoms with Crippen LogP contribution in [0.3, 0.4) is 0 Å². The van der Waals surface area contributed by atoms with Gasteiger partial charge in [-0.1, -0.05) is 72.8 Å². The average molecular weight is 357 g/mol. The number of nitrogens with one attached hydrogen (secondary N) is 1. The predicted molar refractivity (Wildman–Crippen MR) is 108 cm³/mol. The van der Waals surface area contributed by atoms with Crippen molar-refractivity contribution in [1.29, 1.82) is 0 Å². The van der Waals surface area contributed by atoms with Gasteiger partial charge in [0.1, 0.15) is 5.75 Å². The molecule has 0 aliphatic heterocycles. The summed E-state index contributed by atoms with van der Waals surface area (Å²) in [4.78, 5) is 13.1. The molecule has 27 heavy (non-hydrogen) atoms. The fourth-order valence-electron chi connectivity index (χ4n) is 3.93. The van der Waals surface area contributed by atoms with Gasteiger partial charge in [-0.2, -0.15) is 0 Å². The van der Waals surface area contributed by atoms with Crippen LogP contribution in [0.4, 0.5) is 5.69 Å². The zero-order valence-corrected chi connectivity index (χ0v) is 15.4. The number of rotatable bonds is 6. The zero-order chi connectivity index (χ0) is 18.7. The highest BCUT2D eigenvalue weighted by Crippen LogP contribution is 2.59. The Labute approximate surface area is 160 Å². The molecule has 1 atom stereocenters. The second-order valence-corrected chi connectivity index (χ2v) is 6.88. The predicted octanol–water partition coefficient (Wildman–Crippen LogP) is 5.03. The molecule has 3 aromatic rings. The van der Waals surface area contributed by atoms with Crippen LogP contribution < -0.4 is 10.1 Å². The van der Waals surface area contributed by atoms with Gasteiger partial charge < -0.3 is 10.1 Å². The van der Waals surface area contributed by atoms with Crippen LogP contribution in [0.2, 0.25) is 0 Å². The molecule has 1 aliphatic rings. The highest BCUT2D eigenvalue weighted by molar-refractivity contribution is 5.98. The quantitative estimate of drug-likeness (QED) is 0.672. The van der Waals surface area contributed by atoms with Gasteiger partial charge in [0.25, 0.3) is 0 Å². The van der Waals surface area contributed by atoms with E-state index in [2.05, 4.69) is 29.6 Å². The summed E-state index contributed by atoms with van der Waals surface area (Å²) in [5.74, 6) is 0.644. The number of carbonyl (C=O) groups excluding carboxylic acids is 1. The molecule has 3 aromatic carbocycles. The molecule has 136 valence electrons. The highest BCUT2D eigenvalue weighted by atomic mass is 16.5. The van der Waals surface area contributed by atoms with Crippen molar-refractivity contribution >= 4 is 11.6 Å². The summed E-state index contributed by atoms with van der Waals surface area (Å²) in [5.41, 5.74) is 2.85. The third-order valence-corrected chi connectivity index (χ3v) is 5.30. The average Bonchev–Trinajstić information content (AvgIpc) is 3.48. The first kappa shape index (κ1) is 17.3. The SMILES string of the molecule is CCOc1ccccc1NC(=O)[C@@H]1CC1(c1ccccc1)c1ccccc1. The van der Waals surface area contributed by atoms with Crippen molar-refractivity contribution in [3.63, 3.8) is 0 Å². The molecule has 1 N–H and O–H groups in total. The molecule has 1 saturated carbocycles. The number of amides is 1. The van der Waals surface area contributed by atoms with E-state index in [1.807, 2.05) is 67.6 Å². The third-order valence-electron chi connectivity index (χ3n) is 5.30. The molecule has 3 nitrogen and oxygen atoms in total. The van der Waals surface area contributed by atoms with E-state index in [0.717, 1.165) is 12.1 Å². The first-order chi connectivity index (χ1) is 13.3. The lowest BCUT2D eigenvalue weighted by molar-refractivity contribution is -0.117. The summed E-state index contributed by atoms with van der Waals surface area (Å²) >= 11 is 0. The Hall–Kier alpha value is -3.07. The minimum atomic E-state index is -0.257. The zero-order valence-electron chi connectivity index (χ0n) is 15.4. The Balaban J connectivity index is 1.64. The minimum absolute atomic E-state index is 0.0369. The molecule has 0 heterocycles. The topological polar surface area (TPSA) is 38.3 Å². The van der Waals surface area contributed by atoms with Gasteiger partial charge in [0.15, 0.2) is 0 Å². The molecule has 0 radical (unpaired) electrons. The summed E-state index contributed by atoms with van der Waals surface area (Å²) in [6.07, 6.45) is 0.809. The van der Waals surface area contributed by atoms with E-state index in [1.54, 1.807) is 0 Å². The number of hydrogen-bond donors (Lipinski definition) is 1. The molecular formula is C24H23NO2. The number of hydrogen-bond acceptors (Lipinski definition) is 2. The molecule has 1 aliphatic carbocycles. The molecule has 1 amide bonds. The maximum Gasteiger partial charge on any atom is 0.228 e. The van der Waals surface area contributed by atoms with Gasteiger partial charge in [0, 0.05) is 5.41 Å². The van der Waals surface area contributed by atoms with E-state index in [1.165, 1.54) is 11.1 Å². The monoisotopic (exact) mass is 357 g/mol. The lowest BCUT2D eigenvalue weighted by Gasteiger charge is -2.19. The van der Waals surface area contributed by atoms with Gasteiger partial charge in [-0.3, -0.25) is 4.79 Å². The summed E-state index contributed by atoms with van der Waals surface area (Å²) in [6, 6.07) is 28.3. The normalized spacial score (nSPS) is 17.1. The van der Waals surface area contributed by atoms with Crippen LogP contribution in [-0.4, -0.2) is 12.5 Å². The van der Waals surface area contributed by atoms with E-state index in [-0.39, 0.29) is 17.2 Å². The van der Waals surface area contributed by atoms with Gasteiger partial charge in [-0.15, -0.1) is 0 Å². The van der Waals surface area contributed by atoms with E-state index in [0.29, 0.717) is 12.4 Å². The van der Waals surface area contributed by atoms with Crippen molar-refractivity contribution in [2.75, 3.05) is 11.9 Å². The van der Waals surface area contributed by atoms with Crippen LogP contribution in [0, 0.1) is 5.92 Å². The van der Waals surface area contributed by atoms with Crippen LogP contribution in [-0.2, 0) is 10.2 Å². The summed E-state index contributed by atoms with van der Waals surface area (Å²) in [7, 11) is 0. The third kappa shape index (κ3) is 3.21. The van der Waals surface area contributed by atoms with Gasteiger partial charge in [0.05, 0.1) is 18.2 Å². The molecule has 3 heteroatoms. The fraction of sp³-hybridized carbons (Fsp3) is 0.208. The molecule has 4 rings (SSSR count). The smallest absolute Gasteiger partial charge is 0.228 e. The van der Waals surface area contributed by atoms with Crippen LogP contribution in [0.25, 0.3) is 0 Å². The molecular weight excluding hydrogens is 334 g/mol. The molecule has 0 aromatic heterocycles. The molecule has 0 unspecified atom stereocenters. The van der Waals surface area contributed by atoms with Gasteiger partial charge in [-0.25, -0.2) is 0 Å². The second-order valence-electron chi connectivity index (χ2n) is 6.88. The summed E-state index contributed by atoms with van der Waals surface area (Å²) < 4.78 is 5.64. The van der Waals surface area contributed by atoms with Crippen molar-refractivity contribution in [3.8, 4) is 5.75 Å². The largest absolute Gasteiger partial charge is 0.492 e. The van der Waals surface area contributed by atoms with Gasteiger partial charge in [0.2, 0.25) is 5.91 Å². The van der Waals surface area contributed by atoms with E-state index < -0.39 is 0 Å². The number of anilines is 1. The van der Waals surface area contributed by atoms with Crippen molar-refractivity contribution in [3.05, 3.63) is 96.1 Å². The van der Waals surface area contributed by atoms with E-state index in [4.69, 9.17) is 4.74 Å². The Morgan fingerprint density at radius 1 is 0.926 bits per heavy atom. The fourth-order valence-corrected chi connectivity index (χ4v) is 3.93. The summed E-state index contributed by atoms with van der Waals surface area (Å²) in [5, 5.41) is 3.09. The standard InChI is InChI=1S/C24H23NO2/c1-2-27-22-16-10-9-15-21(22)25-23(26)20-17-24(20,18-11-5-3-6-12-18)19-13-7-4-8-14-19/h3-16,20H,2,17H2,1H3,(H,25,26)/t20-/m0/s1. The Kier molecular flexibility index (Phi) is 4.68. The van der Waals surface area contributed by atoms with Crippen LogP contribution in [0.15, 0.2) is 84.9 Å². The van der Waals surface area contributed by atoms with E-state index in [9.17, 15) is 4.79 Å². The highest BCUT2D eigenvalue weighted by Gasteiger charge is 2.60. The molecule has 0 spiro atoms. The van der Waals surface area contributed by atoms with E-state index >= 15 is 0 Å². The van der Waals surface area contributed by atoms with Crippen LogP contribution >= 0.6 is 0 Å². The van der Waals surface area contributed by atoms with Crippen molar-refractivity contribution in [2.45, 2.75) is 18.8 Å². The van der Waals surface area contributed by atoms with Crippen molar-refractivity contribution in [2.24, 2.45) is 5.92 Å². The second kappa shape index (κ2) is 7.28. The maximum atomic E-state index is 13.1.